The topological polar surface area (TPSA) is 97.2 Å². The Morgan fingerprint density at radius 2 is 1.76 bits per heavy atom. The number of para-hydroxylation sites is 1. The molecule has 3 heterocycles. The van der Waals surface area contributed by atoms with Gasteiger partial charge in [-0.15, -0.1) is 0 Å². The molecule has 5 aromatic rings. The predicted molar refractivity (Wildman–Crippen MR) is 156 cm³/mol. The van der Waals surface area contributed by atoms with Crippen molar-refractivity contribution in [3.05, 3.63) is 83.6 Å². The number of aliphatic hydroxyl groups is 1. The maximum absolute atomic E-state index is 10.6. The van der Waals surface area contributed by atoms with Gasteiger partial charge in [-0.1, -0.05) is 28.9 Å². The lowest BCUT2D eigenvalue weighted by Gasteiger charge is -2.35. The first-order valence-electron chi connectivity index (χ1n) is 13.5. The number of benzene rings is 3. The molecule has 6 rings (SSSR count). The van der Waals surface area contributed by atoms with Crippen LogP contribution in [0.3, 0.4) is 0 Å². The molecule has 0 amide bonds. The highest BCUT2D eigenvalue weighted by Gasteiger charge is 2.21. The lowest BCUT2D eigenvalue weighted by Crippen LogP contribution is -2.48. The average molecular weight is 575 g/mol. The number of nitrogens with zero attached hydrogens (tertiary/aromatic N) is 4. The van der Waals surface area contributed by atoms with Crippen LogP contribution in [0.5, 0.6) is 11.5 Å². The van der Waals surface area contributed by atoms with Gasteiger partial charge in [-0.2, -0.15) is 0 Å². The number of fused-ring (bicyclic) bond motifs is 1. The van der Waals surface area contributed by atoms with Crippen molar-refractivity contribution >= 4 is 22.7 Å². The molecule has 1 saturated heterocycles. The molecule has 0 saturated carbocycles. The zero-order valence-corrected chi connectivity index (χ0v) is 23.5. The van der Waals surface area contributed by atoms with Crippen molar-refractivity contribution in [2.45, 2.75) is 12.6 Å². The highest BCUT2D eigenvalue weighted by Crippen LogP contribution is 2.30. The van der Waals surface area contributed by atoms with Crippen LogP contribution in [0.15, 0.2) is 81.7 Å². The third kappa shape index (κ3) is 6.55. The molecule has 212 valence electrons. The summed E-state index contributed by atoms with van der Waals surface area (Å²) in [4.78, 5) is 9.16. The standard InChI is InChI=1S/C31H31ClN4O5/c1-38-29-5-3-2-4-26(29)27-17-25(41-34-27)19-36-14-12-35(13-15-36)18-23(37)20-39-24-10-11-30-28(16-24)33-31(40-30)21-6-8-22(32)9-7-21/h2-11,16-17,23,37H,12-15,18-20H2,1H3/t23-/m1/s1. The number of hydrogen-bond acceptors (Lipinski definition) is 9. The molecule has 10 heteroatoms. The zero-order chi connectivity index (χ0) is 28.2. The molecule has 0 radical (unpaired) electrons. The van der Waals surface area contributed by atoms with Gasteiger partial charge >= 0.3 is 0 Å². The number of piperazine rings is 1. The van der Waals surface area contributed by atoms with E-state index in [0.29, 0.717) is 40.9 Å². The summed E-state index contributed by atoms with van der Waals surface area (Å²) in [5.41, 5.74) is 3.89. The number of aromatic nitrogens is 2. The van der Waals surface area contributed by atoms with Gasteiger partial charge in [0.1, 0.15) is 35.4 Å². The van der Waals surface area contributed by atoms with E-state index in [2.05, 4.69) is 19.9 Å². The van der Waals surface area contributed by atoms with E-state index in [1.807, 2.05) is 60.7 Å². The maximum Gasteiger partial charge on any atom is 0.227 e. The summed E-state index contributed by atoms with van der Waals surface area (Å²) in [5, 5.41) is 15.5. The van der Waals surface area contributed by atoms with Gasteiger partial charge < -0.3 is 23.5 Å². The second-order valence-electron chi connectivity index (χ2n) is 10.1. The maximum atomic E-state index is 10.6. The fourth-order valence-electron chi connectivity index (χ4n) is 4.98. The van der Waals surface area contributed by atoms with Gasteiger partial charge in [0.2, 0.25) is 5.89 Å². The molecule has 0 bridgehead atoms. The molecular formula is C31H31ClN4O5. The normalized spacial score (nSPS) is 15.3. The largest absolute Gasteiger partial charge is 0.496 e. The Kier molecular flexibility index (Phi) is 8.20. The first-order chi connectivity index (χ1) is 20.0. The third-order valence-electron chi connectivity index (χ3n) is 7.15. The minimum Gasteiger partial charge on any atom is -0.496 e. The average Bonchev–Trinajstić information content (AvgIpc) is 3.64. The molecule has 1 atom stereocenters. The second-order valence-corrected chi connectivity index (χ2v) is 10.5. The highest BCUT2D eigenvalue weighted by atomic mass is 35.5. The summed E-state index contributed by atoms with van der Waals surface area (Å²) < 4.78 is 22.8. The quantitative estimate of drug-likeness (QED) is 0.236. The summed E-state index contributed by atoms with van der Waals surface area (Å²) in [6.45, 7) is 4.87. The summed E-state index contributed by atoms with van der Waals surface area (Å²) >= 11 is 5.98. The van der Waals surface area contributed by atoms with E-state index in [1.54, 1.807) is 19.2 Å². The van der Waals surface area contributed by atoms with E-state index in [-0.39, 0.29) is 6.61 Å². The van der Waals surface area contributed by atoms with Gasteiger partial charge in [-0.05, 0) is 48.5 Å². The van der Waals surface area contributed by atoms with Gasteiger partial charge in [-0.3, -0.25) is 9.80 Å². The van der Waals surface area contributed by atoms with Gasteiger partial charge in [0.25, 0.3) is 0 Å². The van der Waals surface area contributed by atoms with E-state index in [1.165, 1.54) is 0 Å². The van der Waals surface area contributed by atoms with Crippen LogP contribution in [0.2, 0.25) is 5.02 Å². The third-order valence-corrected chi connectivity index (χ3v) is 7.40. The Labute approximate surface area is 242 Å². The van der Waals surface area contributed by atoms with Crippen molar-refractivity contribution in [3.8, 4) is 34.2 Å². The number of hydrogen-bond donors (Lipinski definition) is 1. The lowest BCUT2D eigenvalue weighted by molar-refractivity contribution is 0.0430. The van der Waals surface area contributed by atoms with Crippen molar-refractivity contribution in [3.63, 3.8) is 0 Å². The van der Waals surface area contributed by atoms with Crippen molar-refractivity contribution in [1.29, 1.82) is 0 Å². The highest BCUT2D eigenvalue weighted by molar-refractivity contribution is 6.30. The monoisotopic (exact) mass is 574 g/mol. The van der Waals surface area contributed by atoms with E-state index in [0.717, 1.165) is 54.5 Å². The Morgan fingerprint density at radius 1 is 0.976 bits per heavy atom. The molecular weight excluding hydrogens is 544 g/mol. The fraction of sp³-hybridized carbons (Fsp3) is 0.290. The van der Waals surface area contributed by atoms with Gasteiger partial charge in [0, 0.05) is 61.0 Å². The number of β-amino-alcohol motifs (C(OH)–C–C–N with tert-alkyl or cyclic N) is 1. The number of halogens is 1. The first-order valence-corrected chi connectivity index (χ1v) is 13.9. The minimum absolute atomic E-state index is 0.192. The molecule has 1 aliphatic heterocycles. The number of methoxy groups -OCH3 is 1. The molecule has 41 heavy (non-hydrogen) atoms. The Morgan fingerprint density at radius 3 is 2.56 bits per heavy atom. The minimum atomic E-state index is -0.614. The van der Waals surface area contributed by atoms with E-state index < -0.39 is 6.10 Å². The van der Waals surface area contributed by atoms with Crippen LogP contribution in [0.4, 0.5) is 0 Å². The number of ether oxygens (including phenoxy) is 2. The van der Waals surface area contributed by atoms with Crippen LogP contribution in [-0.4, -0.2) is 77.6 Å². The first kappa shape index (κ1) is 27.3. The van der Waals surface area contributed by atoms with Crippen LogP contribution in [0.25, 0.3) is 33.8 Å². The molecule has 9 nitrogen and oxygen atoms in total. The smallest absolute Gasteiger partial charge is 0.227 e. The van der Waals surface area contributed by atoms with E-state index >= 15 is 0 Å². The van der Waals surface area contributed by atoms with Crippen LogP contribution >= 0.6 is 11.6 Å². The van der Waals surface area contributed by atoms with E-state index in [4.69, 9.17) is 30.0 Å². The van der Waals surface area contributed by atoms with Crippen molar-refractivity contribution < 1.29 is 23.5 Å². The molecule has 3 aromatic carbocycles. The Hall–Kier alpha value is -3.89. The summed E-state index contributed by atoms with van der Waals surface area (Å²) in [7, 11) is 1.65. The van der Waals surface area contributed by atoms with Crippen LogP contribution in [0.1, 0.15) is 5.76 Å². The lowest BCUT2D eigenvalue weighted by atomic mass is 10.1. The fourth-order valence-corrected chi connectivity index (χ4v) is 5.10. The summed E-state index contributed by atoms with van der Waals surface area (Å²) in [5.74, 6) is 2.74. The zero-order valence-electron chi connectivity index (χ0n) is 22.7. The molecule has 1 N–H and O–H groups in total. The summed E-state index contributed by atoms with van der Waals surface area (Å²) in [6, 6.07) is 22.6. The van der Waals surface area contributed by atoms with Crippen molar-refractivity contribution in [2.24, 2.45) is 0 Å². The predicted octanol–water partition coefficient (Wildman–Crippen LogP) is 5.37. The number of aliphatic hydroxyl groups excluding tert-OH is 1. The number of rotatable bonds is 10. The Bertz CT molecular complexity index is 1590. The van der Waals surface area contributed by atoms with Crippen molar-refractivity contribution in [2.75, 3.05) is 46.4 Å². The molecule has 0 aliphatic carbocycles. The van der Waals surface area contributed by atoms with Gasteiger partial charge in [-0.25, -0.2) is 4.98 Å². The SMILES string of the molecule is COc1ccccc1-c1cc(CN2CCN(C[C@@H](O)COc3ccc4oc(-c5ccc(Cl)cc5)nc4c3)CC2)on1. The van der Waals surface area contributed by atoms with Gasteiger partial charge in [0.15, 0.2) is 11.3 Å². The second kappa shape index (κ2) is 12.3. The molecule has 2 aromatic heterocycles. The molecule has 0 unspecified atom stereocenters. The molecule has 0 spiro atoms. The number of oxazole rings is 1. The van der Waals surface area contributed by atoms with Crippen LogP contribution in [-0.2, 0) is 6.54 Å². The van der Waals surface area contributed by atoms with Crippen LogP contribution < -0.4 is 9.47 Å². The van der Waals surface area contributed by atoms with Gasteiger partial charge in [0.05, 0.1) is 13.7 Å². The van der Waals surface area contributed by atoms with Crippen LogP contribution in [0, 0.1) is 0 Å². The summed E-state index contributed by atoms with van der Waals surface area (Å²) in [6.07, 6.45) is -0.614. The Balaban J connectivity index is 0.963. The van der Waals surface area contributed by atoms with Crippen molar-refractivity contribution in [1.82, 2.24) is 19.9 Å². The van der Waals surface area contributed by atoms with E-state index in [9.17, 15) is 5.11 Å². The molecule has 1 aliphatic rings. The molecule has 1 fully saturated rings.